The topological polar surface area (TPSA) is 43.6 Å². The highest BCUT2D eigenvalue weighted by atomic mass is 79.9. The van der Waals surface area contributed by atoms with E-state index < -0.39 is 0 Å². The van der Waals surface area contributed by atoms with Gasteiger partial charge < -0.3 is 0 Å². The van der Waals surface area contributed by atoms with Gasteiger partial charge in [0.15, 0.2) is 5.82 Å². The Balaban J connectivity index is 2.59. The van der Waals surface area contributed by atoms with E-state index in [-0.39, 0.29) is 0 Å². The molecule has 0 aromatic carbocycles. The predicted molar refractivity (Wildman–Crippen MR) is 65.9 cm³/mol. The second kappa shape index (κ2) is 4.51. The van der Waals surface area contributed by atoms with Crippen LogP contribution in [0.2, 0.25) is 0 Å². The van der Waals surface area contributed by atoms with Gasteiger partial charge in [0.2, 0.25) is 0 Å². The van der Waals surface area contributed by atoms with E-state index in [1.165, 1.54) is 0 Å². The molecule has 0 bridgehead atoms. The molecule has 0 aliphatic heterocycles. The van der Waals surface area contributed by atoms with Gasteiger partial charge in [0.1, 0.15) is 11.6 Å². The first-order chi connectivity index (χ1) is 7.61. The Morgan fingerprint density at radius 3 is 2.75 bits per heavy atom. The van der Waals surface area contributed by atoms with Gasteiger partial charge in [0, 0.05) is 16.2 Å². The van der Waals surface area contributed by atoms with E-state index in [2.05, 4.69) is 31.0 Å². The fourth-order valence-electron chi connectivity index (χ4n) is 1.48. The smallest absolute Gasteiger partial charge is 0.159 e. The molecule has 2 aromatic heterocycles. The molecule has 0 N–H and O–H groups in total. The van der Waals surface area contributed by atoms with Crippen LogP contribution in [0.25, 0.3) is 5.82 Å². The number of nitrogens with zero attached hydrogens (tertiary/aromatic N) is 4. The fourth-order valence-corrected chi connectivity index (χ4v) is 2.06. The van der Waals surface area contributed by atoms with Crippen LogP contribution in [-0.4, -0.2) is 19.7 Å². The lowest BCUT2D eigenvalue weighted by molar-refractivity contribution is 0.794. The van der Waals surface area contributed by atoms with Crippen LogP contribution in [0, 0.1) is 13.8 Å². The monoisotopic (exact) mass is 300 g/mol. The molecule has 84 valence electrons. The van der Waals surface area contributed by atoms with E-state index in [9.17, 15) is 0 Å². The third kappa shape index (κ3) is 2.10. The van der Waals surface area contributed by atoms with Crippen LogP contribution in [-0.2, 0) is 5.88 Å². The quantitative estimate of drug-likeness (QED) is 0.801. The minimum atomic E-state index is 0.389. The highest BCUT2D eigenvalue weighted by Crippen LogP contribution is 2.19. The van der Waals surface area contributed by atoms with E-state index in [1.807, 2.05) is 19.9 Å². The van der Waals surface area contributed by atoms with Crippen molar-refractivity contribution in [2.75, 3.05) is 0 Å². The largest absolute Gasteiger partial charge is 0.236 e. The van der Waals surface area contributed by atoms with Crippen molar-refractivity contribution in [3.63, 3.8) is 0 Å². The molecule has 0 fully saturated rings. The molecule has 2 heterocycles. The molecule has 0 atom stereocenters. The number of aryl methyl sites for hydroxylation is 2. The average molecular weight is 302 g/mol. The van der Waals surface area contributed by atoms with Crippen molar-refractivity contribution in [1.82, 2.24) is 19.7 Å². The molecule has 0 radical (unpaired) electrons. The summed E-state index contributed by atoms with van der Waals surface area (Å²) in [7, 11) is 0. The van der Waals surface area contributed by atoms with E-state index in [0.717, 1.165) is 27.5 Å². The van der Waals surface area contributed by atoms with Crippen molar-refractivity contribution < 1.29 is 0 Å². The molecule has 0 saturated carbocycles. The Morgan fingerprint density at radius 2 is 2.19 bits per heavy atom. The van der Waals surface area contributed by atoms with Gasteiger partial charge in [-0.25, -0.2) is 9.97 Å². The summed E-state index contributed by atoms with van der Waals surface area (Å²) in [5.41, 5.74) is 0.920. The summed E-state index contributed by atoms with van der Waals surface area (Å²) in [6.07, 6.45) is 1.72. The maximum absolute atomic E-state index is 5.89. The molecule has 6 heteroatoms. The van der Waals surface area contributed by atoms with Crippen molar-refractivity contribution in [2.24, 2.45) is 0 Å². The third-order valence-electron chi connectivity index (χ3n) is 2.13. The van der Waals surface area contributed by atoms with Gasteiger partial charge >= 0.3 is 0 Å². The van der Waals surface area contributed by atoms with E-state index in [0.29, 0.717) is 5.88 Å². The molecule has 0 spiro atoms. The number of alkyl halides is 1. The zero-order valence-corrected chi connectivity index (χ0v) is 11.2. The first-order valence-electron chi connectivity index (χ1n) is 4.73. The number of hydrogen-bond donors (Lipinski definition) is 0. The van der Waals surface area contributed by atoms with Crippen LogP contribution in [0.4, 0.5) is 0 Å². The normalized spacial score (nSPS) is 10.8. The van der Waals surface area contributed by atoms with Crippen molar-refractivity contribution >= 4 is 27.5 Å². The summed E-state index contributed by atoms with van der Waals surface area (Å²) < 4.78 is 2.61. The van der Waals surface area contributed by atoms with E-state index in [1.54, 1.807) is 10.9 Å². The molecule has 0 aliphatic carbocycles. The zero-order valence-electron chi connectivity index (χ0n) is 8.91. The van der Waals surface area contributed by atoms with Crippen molar-refractivity contribution in [3.8, 4) is 5.82 Å². The summed E-state index contributed by atoms with van der Waals surface area (Å²) in [6.45, 7) is 3.74. The maximum Gasteiger partial charge on any atom is 0.159 e. The van der Waals surface area contributed by atoms with E-state index in [4.69, 9.17) is 11.6 Å². The minimum absolute atomic E-state index is 0.389. The van der Waals surface area contributed by atoms with E-state index >= 15 is 0 Å². The lowest BCUT2D eigenvalue weighted by Crippen LogP contribution is -2.05. The van der Waals surface area contributed by atoms with Gasteiger partial charge in [-0.3, -0.25) is 0 Å². The Kier molecular flexibility index (Phi) is 3.25. The summed E-state index contributed by atoms with van der Waals surface area (Å²) >= 11 is 9.26. The van der Waals surface area contributed by atoms with Gasteiger partial charge in [-0.15, -0.1) is 16.7 Å². The number of rotatable bonds is 2. The van der Waals surface area contributed by atoms with Crippen LogP contribution in [0.3, 0.4) is 0 Å². The molecule has 0 aliphatic rings. The maximum atomic E-state index is 5.89. The number of halogens is 2. The summed E-state index contributed by atoms with van der Waals surface area (Å²) in [6, 6.07) is 1.94. The predicted octanol–water partition coefficient (Wildman–Crippen LogP) is 2.78. The van der Waals surface area contributed by atoms with Crippen molar-refractivity contribution in [2.45, 2.75) is 19.7 Å². The second-order valence-electron chi connectivity index (χ2n) is 3.39. The van der Waals surface area contributed by atoms with Crippen LogP contribution in [0.1, 0.15) is 17.2 Å². The Hall–Kier alpha value is -0.940. The summed E-state index contributed by atoms with van der Waals surface area (Å²) in [5.74, 6) is 2.65. The van der Waals surface area contributed by atoms with Gasteiger partial charge in [-0.05, 0) is 35.8 Å². The second-order valence-corrected chi connectivity index (χ2v) is 4.57. The SMILES string of the molecule is Cc1nc(C)n(-c2ncc(Br)cc2CCl)n1. The highest BCUT2D eigenvalue weighted by Gasteiger charge is 2.11. The average Bonchev–Trinajstić information content (AvgIpc) is 2.57. The van der Waals surface area contributed by atoms with Crippen LogP contribution in [0.15, 0.2) is 16.7 Å². The standard InChI is InChI=1S/C10H10BrClN4/c1-6-14-7(2)16(15-6)10-8(4-12)3-9(11)5-13-10/h3,5H,4H2,1-2H3. The van der Waals surface area contributed by atoms with Crippen LogP contribution < -0.4 is 0 Å². The number of aromatic nitrogens is 4. The fraction of sp³-hybridized carbons (Fsp3) is 0.300. The first kappa shape index (κ1) is 11.5. The summed E-state index contributed by atoms with van der Waals surface area (Å²) in [4.78, 5) is 8.56. The molecule has 0 amide bonds. The highest BCUT2D eigenvalue weighted by molar-refractivity contribution is 9.10. The van der Waals surface area contributed by atoms with Crippen LogP contribution in [0.5, 0.6) is 0 Å². The molecule has 16 heavy (non-hydrogen) atoms. The van der Waals surface area contributed by atoms with Crippen molar-refractivity contribution in [3.05, 3.63) is 33.9 Å². The molecule has 2 aromatic rings. The molecule has 4 nitrogen and oxygen atoms in total. The van der Waals surface area contributed by atoms with Crippen LogP contribution >= 0.6 is 27.5 Å². The Bertz CT molecular complexity index is 524. The molecular formula is C10H10BrClN4. The van der Waals surface area contributed by atoms with Gasteiger partial charge in [-0.2, -0.15) is 4.68 Å². The zero-order chi connectivity index (χ0) is 11.7. The first-order valence-corrected chi connectivity index (χ1v) is 6.05. The van der Waals surface area contributed by atoms with Gasteiger partial charge in [0.25, 0.3) is 0 Å². The molecule has 0 saturated heterocycles. The summed E-state index contributed by atoms with van der Waals surface area (Å²) in [5, 5.41) is 4.29. The minimum Gasteiger partial charge on any atom is -0.236 e. The third-order valence-corrected chi connectivity index (χ3v) is 2.85. The van der Waals surface area contributed by atoms with Gasteiger partial charge in [0.05, 0.1) is 5.88 Å². The Morgan fingerprint density at radius 1 is 1.44 bits per heavy atom. The molecule has 2 rings (SSSR count). The number of hydrogen-bond acceptors (Lipinski definition) is 3. The lowest BCUT2D eigenvalue weighted by atomic mass is 10.3. The molecular weight excluding hydrogens is 291 g/mol. The Labute approximate surface area is 107 Å². The number of pyridine rings is 1. The van der Waals surface area contributed by atoms with Gasteiger partial charge in [-0.1, -0.05) is 0 Å². The lowest BCUT2D eigenvalue weighted by Gasteiger charge is -2.07. The van der Waals surface area contributed by atoms with Crippen molar-refractivity contribution in [1.29, 1.82) is 0 Å². The molecule has 0 unspecified atom stereocenters.